The lowest BCUT2D eigenvalue weighted by molar-refractivity contribution is -0.374. The minimum atomic E-state index is -5.80. The maximum atomic E-state index is 12.9. The second-order valence-corrected chi connectivity index (χ2v) is 6.99. The highest BCUT2D eigenvalue weighted by Crippen LogP contribution is 2.55. The lowest BCUT2D eigenvalue weighted by Gasteiger charge is -2.49. The van der Waals surface area contributed by atoms with Crippen LogP contribution >= 0.6 is 0 Å². The van der Waals surface area contributed by atoms with E-state index in [0.29, 0.717) is 12.8 Å². The number of hydrogen-bond acceptors (Lipinski definition) is 3. The van der Waals surface area contributed by atoms with Crippen LogP contribution in [0.2, 0.25) is 0 Å². The monoisotopic (exact) mass is 374 g/mol. The third-order valence-corrected chi connectivity index (χ3v) is 5.49. The van der Waals surface area contributed by atoms with E-state index in [1.54, 1.807) is 0 Å². The Hall–Kier alpha value is -1.25. The first-order chi connectivity index (χ1) is 11.4. The van der Waals surface area contributed by atoms with Crippen molar-refractivity contribution in [1.29, 1.82) is 0 Å². The molecule has 0 radical (unpaired) electrons. The molecular weight excluding hydrogens is 354 g/mol. The summed E-state index contributed by atoms with van der Waals surface area (Å²) in [4.78, 5) is 11.2. The van der Waals surface area contributed by atoms with E-state index in [1.165, 1.54) is 0 Å². The second-order valence-electron chi connectivity index (χ2n) is 6.99. The summed E-state index contributed by atoms with van der Waals surface area (Å²) in [6.45, 7) is 3.18. The first-order valence-electron chi connectivity index (χ1n) is 8.04. The van der Waals surface area contributed by atoms with Gasteiger partial charge < -0.3 is 9.84 Å². The van der Waals surface area contributed by atoms with Gasteiger partial charge in [-0.15, -0.1) is 0 Å². The van der Waals surface area contributed by atoms with Crippen LogP contribution in [0.3, 0.4) is 0 Å². The minimum Gasteiger partial charge on any atom is -0.462 e. The Labute approximate surface area is 141 Å². The number of esters is 1. The summed E-state index contributed by atoms with van der Waals surface area (Å²) in [6, 6.07) is 0. The molecule has 1 N–H and O–H groups in total. The zero-order chi connectivity index (χ0) is 19.0. The normalized spacial score (nSPS) is 30.2. The average Bonchev–Trinajstić information content (AvgIpc) is 2.50. The number of halogens is 6. The molecule has 0 aromatic carbocycles. The quantitative estimate of drug-likeness (QED) is 0.449. The SMILES string of the molecule is C=CC(=O)OCC1CC2CCC1C(CC(O)(C(F)(F)F)C(F)(F)F)C2. The zero-order valence-electron chi connectivity index (χ0n) is 13.4. The van der Waals surface area contributed by atoms with Gasteiger partial charge in [0.15, 0.2) is 0 Å². The van der Waals surface area contributed by atoms with Gasteiger partial charge in [-0.05, 0) is 49.4 Å². The molecule has 3 fully saturated rings. The highest BCUT2D eigenvalue weighted by Gasteiger charge is 2.71. The van der Waals surface area contributed by atoms with E-state index in [9.17, 15) is 36.2 Å². The van der Waals surface area contributed by atoms with E-state index in [-0.39, 0.29) is 24.9 Å². The molecule has 2 bridgehead atoms. The van der Waals surface area contributed by atoms with Gasteiger partial charge in [-0.1, -0.05) is 13.0 Å². The van der Waals surface area contributed by atoms with Crippen molar-refractivity contribution in [3.8, 4) is 0 Å². The van der Waals surface area contributed by atoms with Crippen molar-refractivity contribution < 1.29 is 41.0 Å². The molecule has 9 heteroatoms. The molecule has 144 valence electrons. The lowest BCUT2D eigenvalue weighted by Crippen LogP contribution is -2.59. The Morgan fingerprint density at radius 3 is 2.12 bits per heavy atom. The van der Waals surface area contributed by atoms with Gasteiger partial charge >= 0.3 is 18.3 Å². The molecule has 3 saturated carbocycles. The van der Waals surface area contributed by atoms with Gasteiger partial charge in [-0.25, -0.2) is 4.79 Å². The number of rotatable bonds is 5. The first-order valence-corrected chi connectivity index (χ1v) is 8.04. The molecule has 4 unspecified atom stereocenters. The van der Waals surface area contributed by atoms with Crippen LogP contribution in [0.1, 0.15) is 32.1 Å². The number of ether oxygens (including phenoxy) is 1. The van der Waals surface area contributed by atoms with E-state index in [1.807, 2.05) is 0 Å². The standard InChI is InChI=1S/C16H20F6O3/c1-2-13(23)25-8-11-6-9-3-4-12(11)10(5-9)7-14(24,15(17,18)19)16(20,21)22/h2,9-12,24H,1,3-8H2. The first kappa shape index (κ1) is 20.1. The predicted molar refractivity (Wildman–Crippen MR) is 75.3 cm³/mol. The van der Waals surface area contributed by atoms with Crippen molar-refractivity contribution in [2.24, 2.45) is 23.7 Å². The van der Waals surface area contributed by atoms with Gasteiger partial charge in [0.2, 0.25) is 0 Å². The van der Waals surface area contributed by atoms with Gasteiger partial charge in [0, 0.05) is 6.08 Å². The summed E-state index contributed by atoms with van der Waals surface area (Å²) < 4.78 is 82.6. The molecule has 0 spiro atoms. The smallest absolute Gasteiger partial charge is 0.426 e. The average molecular weight is 374 g/mol. The van der Waals surface area contributed by atoms with Crippen molar-refractivity contribution in [2.45, 2.75) is 50.1 Å². The molecule has 0 heterocycles. The predicted octanol–water partition coefficient (Wildman–Crippen LogP) is 4.01. The van der Waals surface area contributed by atoms with E-state index in [4.69, 9.17) is 4.74 Å². The topological polar surface area (TPSA) is 46.5 Å². The molecule has 4 atom stereocenters. The second kappa shape index (κ2) is 6.81. The van der Waals surface area contributed by atoms with Crippen molar-refractivity contribution in [3.63, 3.8) is 0 Å². The number of hydrogen-bond donors (Lipinski definition) is 1. The van der Waals surface area contributed by atoms with Crippen LogP contribution in [0.4, 0.5) is 26.3 Å². The molecule has 3 aliphatic rings. The largest absolute Gasteiger partial charge is 0.462 e. The van der Waals surface area contributed by atoms with Gasteiger partial charge in [0.1, 0.15) is 0 Å². The molecule has 3 nitrogen and oxygen atoms in total. The lowest BCUT2D eigenvalue weighted by atomic mass is 9.57. The Bertz CT molecular complexity index is 499. The van der Waals surface area contributed by atoms with Gasteiger partial charge in [-0.2, -0.15) is 26.3 Å². The van der Waals surface area contributed by atoms with E-state index >= 15 is 0 Å². The minimum absolute atomic E-state index is 0.0202. The summed E-state index contributed by atoms with van der Waals surface area (Å²) in [7, 11) is 0. The molecule has 3 rings (SSSR count). The van der Waals surface area contributed by atoms with Gasteiger partial charge in [-0.3, -0.25) is 0 Å². The molecule has 0 aliphatic heterocycles. The Kier molecular flexibility index (Phi) is 5.47. The van der Waals surface area contributed by atoms with Crippen LogP contribution in [0.5, 0.6) is 0 Å². The van der Waals surface area contributed by atoms with Crippen molar-refractivity contribution in [2.75, 3.05) is 6.61 Å². The highest BCUT2D eigenvalue weighted by molar-refractivity contribution is 5.81. The van der Waals surface area contributed by atoms with Crippen molar-refractivity contribution in [1.82, 2.24) is 0 Å². The Balaban J connectivity index is 2.15. The Morgan fingerprint density at radius 2 is 1.64 bits per heavy atom. The Morgan fingerprint density at radius 1 is 1.08 bits per heavy atom. The van der Waals surface area contributed by atoms with Crippen LogP contribution in [0.25, 0.3) is 0 Å². The third kappa shape index (κ3) is 3.96. The summed E-state index contributed by atoms with van der Waals surface area (Å²) in [5.41, 5.74) is -4.72. The van der Waals surface area contributed by atoms with Crippen LogP contribution in [-0.4, -0.2) is 35.6 Å². The summed E-state index contributed by atoms with van der Waals surface area (Å²) >= 11 is 0. The summed E-state index contributed by atoms with van der Waals surface area (Å²) in [5.74, 6) is -2.37. The molecule has 0 amide bonds. The van der Waals surface area contributed by atoms with Crippen LogP contribution in [0, 0.1) is 23.7 Å². The third-order valence-electron chi connectivity index (χ3n) is 5.49. The zero-order valence-corrected chi connectivity index (χ0v) is 13.4. The fourth-order valence-corrected chi connectivity index (χ4v) is 4.27. The molecule has 0 aromatic heterocycles. The van der Waals surface area contributed by atoms with E-state index in [0.717, 1.165) is 12.5 Å². The maximum absolute atomic E-state index is 12.9. The number of fused-ring (bicyclic) bond motifs is 3. The van der Waals surface area contributed by atoms with Crippen molar-refractivity contribution >= 4 is 5.97 Å². The molecule has 0 aromatic rings. The van der Waals surface area contributed by atoms with Gasteiger partial charge in [0.05, 0.1) is 6.61 Å². The van der Waals surface area contributed by atoms with Crippen LogP contribution in [-0.2, 0) is 9.53 Å². The fraction of sp³-hybridized carbons (Fsp3) is 0.812. The van der Waals surface area contributed by atoms with E-state index < -0.39 is 42.2 Å². The molecule has 3 aliphatic carbocycles. The number of carbonyl (C=O) groups is 1. The van der Waals surface area contributed by atoms with E-state index in [2.05, 4.69) is 6.58 Å². The fourth-order valence-electron chi connectivity index (χ4n) is 4.27. The number of alkyl halides is 6. The maximum Gasteiger partial charge on any atom is 0.426 e. The number of carbonyl (C=O) groups excluding carboxylic acids is 1. The summed E-state index contributed by atoms with van der Waals surface area (Å²) in [6.07, 6.45) is -10.1. The number of aliphatic hydroxyl groups is 1. The highest BCUT2D eigenvalue weighted by atomic mass is 19.4. The van der Waals surface area contributed by atoms with Crippen LogP contribution in [0.15, 0.2) is 12.7 Å². The molecular formula is C16H20F6O3. The molecule has 25 heavy (non-hydrogen) atoms. The summed E-state index contributed by atoms with van der Waals surface area (Å²) in [5, 5.41) is 9.46. The molecule has 0 saturated heterocycles. The van der Waals surface area contributed by atoms with Crippen LogP contribution < -0.4 is 0 Å². The van der Waals surface area contributed by atoms with Gasteiger partial charge in [0.25, 0.3) is 5.60 Å². The van der Waals surface area contributed by atoms with Crippen molar-refractivity contribution in [3.05, 3.63) is 12.7 Å².